The maximum atomic E-state index is 12.2. The summed E-state index contributed by atoms with van der Waals surface area (Å²) in [5.41, 5.74) is 1.66. The predicted octanol–water partition coefficient (Wildman–Crippen LogP) is 2.37. The van der Waals surface area contributed by atoms with E-state index in [1.165, 1.54) is 19.3 Å². The number of aromatic nitrogens is 2. The van der Waals surface area contributed by atoms with Crippen LogP contribution in [-0.2, 0) is 18.3 Å². The second kappa shape index (κ2) is 7.47. The van der Waals surface area contributed by atoms with Crippen molar-refractivity contribution in [2.75, 3.05) is 13.2 Å². The smallest absolute Gasteiger partial charge is 0.224 e. The molecule has 0 aromatic carbocycles. The van der Waals surface area contributed by atoms with Gasteiger partial charge in [0, 0.05) is 25.8 Å². The number of hydrogen-bond donors (Lipinski definition) is 2. The van der Waals surface area contributed by atoms with Crippen molar-refractivity contribution >= 4 is 17.5 Å². The van der Waals surface area contributed by atoms with E-state index in [0.29, 0.717) is 11.7 Å². The highest BCUT2D eigenvalue weighted by atomic mass is 35.5. The van der Waals surface area contributed by atoms with E-state index in [0.717, 1.165) is 30.5 Å². The van der Waals surface area contributed by atoms with Gasteiger partial charge < -0.3 is 10.4 Å². The highest BCUT2D eigenvalue weighted by Gasteiger charge is 2.31. The fourth-order valence-electron chi connectivity index (χ4n) is 3.44. The van der Waals surface area contributed by atoms with E-state index < -0.39 is 0 Å². The van der Waals surface area contributed by atoms with Crippen molar-refractivity contribution in [2.24, 2.45) is 12.5 Å². The second-order valence-corrected chi connectivity index (χ2v) is 6.82. The number of carbonyl (C=O) groups excluding carboxylic acids is 1. The van der Waals surface area contributed by atoms with E-state index in [-0.39, 0.29) is 24.3 Å². The van der Waals surface area contributed by atoms with E-state index >= 15 is 0 Å². The molecule has 0 radical (unpaired) electrons. The number of aryl methyl sites for hydroxylation is 2. The van der Waals surface area contributed by atoms with Gasteiger partial charge in [0.15, 0.2) is 0 Å². The Balaban J connectivity index is 1.93. The molecule has 1 aromatic rings. The average molecular weight is 328 g/mol. The third kappa shape index (κ3) is 4.02. The zero-order valence-electron chi connectivity index (χ0n) is 13.5. The Morgan fingerprint density at radius 1 is 1.41 bits per heavy atom. The molecule has 124 valence electrons. The van der Waals surface area contributed by atoms with Gasteiger partial charge in [-0.3, -0.25) is 9.48 Å². The van der Waals surface area contributed by atoms with Crippen LogP contribution in [0, 0.1) is 12.3 Å². The van der Waals surface area contributed by atoms with Gasteiger partial charge in [0.2, 0.25) is 5.91 Å². The first-order chi connectivity index (χ1) is 10.5. The fourth-order valence-corrected chi connectivity index (χ4v) is 3.68. The molecule has 1 fully saturated rings. The lowest BCUT2D eigenvalue weighted by atomic mass is 9.72. The summed E-state index contributed by atoms with van der Waals surface area (Å²) in [5.74, 6) is -0.0270. The molecule has 22 heavy (non-hydrogen) atoms. The largest absolute Gasteiger partial charge is 0.396 e. The summed E-state index contributed by atoms with van der Waals surface area (Å²) in [6.45, 7) is 2.69. The number of hydrogen-bond acceptors (Lipinski definition) is 3. The van der Waals surface area contributed by atoms with Gasteiger partial charge in [0.05, 0.1) is 12.1 Å². The summed E-state index contributed by atoms with van der Waals surface area (Å²) in [5, 5.41) is 17.1. The lowest BCUT2D eigenvalue weighted by Gasteiger charge is -2.37. The lowest BCUT2D eigenvalue weighted by molar-refractivity contribution is -0.121. The van der Waals surface area contributed by atoms with E-state index in [1.54, 1.807) is 11.7 Å². The molecule has 0 unspecified atom stereocenters. The number of nitrogens with one attached hydrogen (secondary N) is 1. The third-order valence-corrected chi connectivity index (χ3v) is 5.30. The van der Waals surface area contributed by atoms with E-state index in [2.05, 4.69) is 10.4 Å². The Hall–Kier alpha value is -1.07. The van der Waals surface area contributed by atoms with Crippen molar-refractivity contribution in [2.45, 2.75) is 51.9 Å². The highest BCUT2D eigenvalue weighted by molar-refractivity contribution is 6.30. The fraction of sp³-hybridized carbons (Fsp3) is 0.750. The maximum absolute atomic E-state index is 12.2. The zero-order chi connectivity index (χ0) is 16.2. The van der Waals surface area contributed by atoms with Crippen molar-refractivity contribution in [1.82, 2.24) is 15.1 Å². The topological polar surface area (TPSA) is 67.2 Å². The summed E-state index contributed by atoms with van der Waals surface area (Å²) in [7, 11) is 1.77. The van der Waals surface area contributed by atoms with Crippen molar-refractivity contribution in [3.8, 4) is 0 Å². The third-order valence-electron chi connectivity index (χ3n) is 4.82. The maximum Gasteiger partial charge on any atom is 0.224 e. The molecule has 1 heterocycles. The number of nitrogens with zero attached hydrogens (tertiary/aromatic N) is 2. The molecule has 0 aliphatic heterocycles. The molecule has 1 aliphatic rings. The molecule has 2 rings (SSSR count). The van der Waals surface area contributed by atoms with Gasteiger partial charge in [0.1, 0.15) is 5.15 Å². The van der Waals surface area contributed by atoms with Crippen LogP contribution in [0.2, 0.25) is 5.15 Å². The molecule has 0 atom stereocenters. The van der Waals surface area contributed by atoms with Crippen LogP contribution in [-0.4, -0.2) is 33.9 Å². The van der Waals surface area contributed by atoms with Crippen LogP contribution in [0.15, 0.2) is 0 Å². The summed E-state index contributed by atoms with van der Waals surface area (Å²) >= 11 is 6.17. The predicted molar refractivity (Wildman–Crippen MR) is 86.9 cm³/mol. The standard InChI is InChI=1S/C16H26ClN3O2/c1-12-13(15(17)20(2)19-12)10-14(22)18-11-16(8-9-21)6-4-3-5-7-16/h21H,3-11H2,1-2H3,(H,18,22). The summed E-state index contributed by atoms with van der Waals surface area (Å²) in [6.07, 6.45) is 6.81. The molecule has 0 spiro atoms. The second-order valence-electron chi connectivity index (χ2n) is 6.47. The normalized spacial score (nSPS) is 17.5. The molecule has 1 amide bonds. The number of rotatable bonds is 6. The van der Waals surface area contributed by atoms with Crippen LogP contribution < -0.4 is 5.32 Å². The van der Waals surface area contributed by atoms with Gasteiger partial charge >= 0.3 is 0 Å². The molecule has 6 heteroatoms. The Labute approximate surface area is 137 Å². The minimum atomic E-state index is -0.0270. The first kappa shape index (κ1) is 17.3. The van der Waals surface area contributed by atoms with Crippen LogP contribution >= 0.6 is 11.6 Å². The molecule has 2 N–H and O–H groups in total. The van der Waals surface area contributed by atoms with E-state index in [4.69, 9.17) is 11.6 Å². The number of halogens is 1. The number of amides is 1. The lowest BCUT2D eigenvalue weighted by Crippen LogP contribution is -2.40. The molecular formula is C16H26ClN3O2. The molecule has 1 aromatic heterocycles. The van der Waals surface area contributed by atoms with Gasteiger partial charge in [-0.2, -0.15) is 5.10 Å². The molecular weight excluding hydrogens is 302 g/mol. The van der Waals surface area contributed by atoms with E-state index in [9.17, 15) is 9.90 Å². The Morgan fingerprint density at radius 2 is 2.09 bits per heavy atom. The van der Waals surface area contributed by atoms with Crippen LogP contribution in [0.1, 0.15) is 49.8 Å². The summed E-state index contributed by atoms with van der Waals surface area (Å²) < 4.78 is 1.59. The van der Waals surface area contributed by atoms with Gasteiger partial charge in [-0.05, 0) is 31.6 Å². The summed E-state index contributed by atoms with van der Waals surface area (Å²) in [4.78, 5) is 12.2. The van der Waals surface area contributed by atoms with Crippen molar-refractivity contribution in [3.05, 3.63) is 16.4 Å². The number of aliphatic hydroxyl groups excluding tert-OH is 1. The van der Waals surface area contributed by atoms with Crippen molar-refractivity contribution < 1.29 is 9.90 Å². The number of carbonyl (C=O) groups is 1. The van der Waals surface area contributed by atoms with E-state index in [1.807, 2.05) is 6.92 Å². The van der Waals surface area contributed by atoms with Crippen molar-refractivity contribution in [1.29, 1.82) is 0 Å². The minimum Gasteiger partial charge on any atom is -0.396 e. The molecule has 5 nitrogen and oxygen atoms in total. The van der Waals surface area contributed by atoms with Gasteiger partial charge in [-0.1, -0.05) is 30.9 Å². The number of aliphatic hydroxyl groups is 1. The SMILES string of the molecule is Cc1nn(C)c(Cl)c1CC(=O)NCC1(CCO)CCCCC1. The molecule has 0 saturated heterocycles. The van der Waals surface area contributed by atoms with Gasteiger partial charge in [0.25, 0.3) is 0 Å². The Bertz CT molecular complexity index is 516. The Morgan fingerprint density at radius 3 is 2.64 bits per heavy atom. The highest BCUT2D eigenvalue weighted by Crippen LogP contribution is 2.38. The van der Waals surface area contributed by atoms with Crippen LogP contribution in [0.3, 0.4) is 0 Å². The first-order valence-corrected chi connectivity index (χ1v) is 8.41. The molecule has 1 aliphatic carbocycles. The monoisotopic (exact) mass is 327 g/mol. The Kier molecular flexibility index (Phi) is 5.87. The molecule has 0 bridgehead atoms. The quantitative estimate of drug-likeness (QED) is 0.843. The average Bonchev–Trinajstić information content (AvgIpc) is 2.73. The van der Waals surface area contributed by atoms with Crippen molar-refractivity contribution in [3.63, 3.8) is 0 Å². The zero-order valence-corrected chi connectivity index (χ0v) is 14.2. The van der Waals surface area contributed by atoms with Gasteiger partial charge in [-0.25, -0.2) is 0 Å². The van der Waals surface area contributed by atoms with Crippen LogP contribution in [0.5, 0.6) is 0 Å². The molecule has 1 saturated carbocycles. The summed E-state index contributed by atoms with van der Waals surface area (Å²) in [6, 6.07) is 0. The van der Waals surface area contributed by atoms with Crippen LogP contribution in [0.4, 0.5) is 0 Å². The van der Waals surface area contributed by atoms with Gasteiger partial charge in [-0.15, -0.1) is 0 Å². The minimum absolute atomic E-state index is 0.0270. The first-order valence-electron chi connectivity index (χ1n) is 8.03. The van der Waals surface area contributed by atoms with Crippen LogP contribution in [0.25, 0.3) is 0 Å².